The van der Waals surface area contributed by atoms with Gasteiger partial charge in [-0.25, -0.2) is 0 Å². The van der Waals surface area contributed by atoms with Crippen LogP contribution in [0.2, 0.25) is 0 Å². The van der Waals surface area contributed by atoms with Gasteiger partial charge in [-0.15, -0.1) is 0 Å². The summed E-state index contributed by atoms with van der Waals surface area (Å²) in [6.07, 6.45) is 3.44. The molecule has 0 unspecified atom stereocenters. The molecule has 112 valence electrons. The van der Waals surface area contributed by atoms with Gasteiger partial charge in [-0.05, 0) is 49.9 Å². The fourth-order valence-corrected chi connectivity index (χ4v) is 3.13. The number of para-hydroxylation sites is 1. The third-order valence-electron chi connectivity index (χ3n) is 4.24. The Labute approximate surface area is 137 Å². The van der Waals surface area contributed by atoms with Crippen molar-refractivity contribution in [3.8, 4) is 0 Å². The first-order chi connectivity index (χ1) is 10.3. The Hall–Kier alpha value is -2.06. The van der Waals surface area contributed by atoms with E-state index in [2.05, 4.69) is 60.8 Å². The van der Waals surface area contributed by atoms with Gasteiger partial charge in [0.2, 0.25) is 0 Å². The lowest BCUT2D eigenvalue weighted by Gasteiger charge is -2.15. The van der Waals surface area contributed by atoms with Gasteiger partial charge in [-0.1, -0.05) is 35.9 Å². The van der Waals surface area contributed by atoms with Gasteiger partial charge in [0, 0.05) is 16.8 Å². The number of anilines is 2. The van der Waals surface area contributed by atoms with Crippen LogP contribution in [0.3, 0.4) is 0 Å². The van der Waals surface area contributed by atoms with Crippen LogP contribution in [0.4, 0.5) is 11.4 Å². The van der Waals surface area contributed by atoms with E-state index in [-0.39, 0.29) is 12.4 Å². The first-order valence-corrected chi connectivity index (χ1v) is 7.55. The zero-order valence-corrected chi connectivity index (χ0v) is 13.3. The van der Waals surface area contributed by atoms with Crippen LogP contribution >= 0.6 is 0 Å². The maximum atomic E-state index is 4.83. The van der Waals surface area contributed by atoms with E-state index in [1.54, 1.807) is 0 Å². The summed E-state index contributed by atoms with van der Waals surface area (Å²) in [5, 5.41) is 4.86. The number of pyridine rings is 1. The third-order valence-corrected chi connectivity index (χ3v) is 4.24. The quantitative estimate of drug-likeness (QED) is 0.780. The highest BCUT2D eigenvalue weighted by Gasteiger charge is 2.19. The molecule has 0 fully saturated rings. The molecule has 22 heavy (non-hydrogen) atoms. The molecule has 0 spiro atoms. The average Bonchev–Trinajstić information content (AvgIpc) is 2.97. The lowest BCUT2D eigenvalue weighted by molar-refractivity contribution is -0.00000425. The molecule has 2 nitrogen and oxygen atoms in total. The van der Waals surface area contributed by atoms with Crippen molar-refractivity contribution in [2.45, 2.75) is 26.2 Å². The van der Waals surface area contributed by atoms with Gasteiger partial charge in [0.15, 0.2) is 0 Å². The molecule has 1 heterocycles. The number of aryl methyl sites for hydroxylation is 2. The molecule has 4 rings (SSSR count). The molecule has 1 N–H and O–H groups in total. The highest BCUT2D eigenvalue weighted by molar-refractivity contribution is 5.95. The summed E-state index contributed by atoms with van der Waals surface area (Å²) in [4.78, 5) is 4.83. The number of halogens is 1. The number of hydrogen-bond acceptors (Lipinski definition) is 2. The van der Waals surface area contributed by atoms with Crippen molar-refractivity contribution in [1.82, 2.24) is 4.98 Å². The van der Waals surface area contributed by atoms with Crippen LogP contribution in [0.25, 0.3) is 10.9 Å². The molecular weight excluding hydrogens is 292 g/mol. The van der Waals surface area contributed by atoms with Crippen molar-refractivity contribution < 1.29 is 12.4 Å². The summed E-state index contributed by atoms with van der Waals surface area (Å²) in [6, 6.07) is 17.0. The number of fused-ring (bicyclic) bond motifs is 2. The minimum Gasteiger partial charge on any atom is -1.00 e. The molecule has 0 saturated heterocycles. The second-order valence-corrected chi connectivity index (χ2v) is 5.77. The predicted molar refractivity (Wildman–Crippen MR) is 88.2 cm³/mol. The van der Waals surface area contributed by atoms with Gasteiger partial charge in [-0.2, -0.15) is 0 Å². The molecule has 0 radical (unpaired) electrons. The fourth-order valence-electron chi connectivity index (χ4n) is 3.13. The highest BCUT2D eigenvalue weighted by Crippen LogP contribution is 2.35. The second kappa shape index (κ2) is 5.98. The van der Waals surface area contributed by atoms with Crippen LogP contribution < -0.4 is 17.7 Å². The molecular formula is C19H18ClN2-. The second-order valence-electron chi connectivity index (χ2n) is 5.77. The standard InChI is InChI=1S/C19H18N2.ClH/c1-13-9-11-14(12-10-13)20-19-15-5-2-3-7-17(15)21-18-8-4-6-16(18)19;/h2-3,5,7,9-12H,4,6,8H2,1H3,(H,20,21);1H/p-1. The van der Waals surface area contributed by atoms with Gasteiger partial charge in [0.05, 0.1) is 11.2 Å². The lowest BCUT2D eigenvalue weighted by Crippen LogP contribution is -3.00. The summed E-state index contributed by atoms with van der Waals surface area (Å²) in [6.45, 7) is 2.11. The van der Waals surface area contributed by atoms with E-state index in [1.165, 1.54) is 34.3 Å². The number of nitrogens with zero attached hydrogens (tertiary/aromatic N) is 1. The molecule has 1 aliphatic carbocycles. The summed E-state index contributed by atoms with van der Waals surface area (Å²) in [5.74, 6) is 0. The Balaban J connectivity index is 0.00000144. The largest absolute Gasteiger partial charge is 1.00 e. The molecule has 1 aliphatic rings. The summed E-state index contributed by atoms with van der Waals surface area (Å²) in [5.41, 5.74) is 7.43. The molecule has 3 aromatic rings. The Morgan fingerprint density at radius 2 is 1.73 bits per heavy atom. The van der Waals surface area contributed by atoms with Crippen LogP contribution in [-0.2, 0) is 12.8 Å². The Kier molecular flexibility index (Phi) is 4.04. The first-order valence-electron chi connectivity index (χ1n) is 7.55. The van der Waals surface area contributed by atoms with E-state index < -0.39 is 0 Å². The predicted octanol–water partition coefficient (Wildman–Crippen LogP) is 1.78. The zero-order valence-electron chi connectivity index (χ0n) is 12.6. The molecule has 0 saturated carbocycles. The van der Waals surface area contributed by atoms with Crippen LogP contribution in [0, 0.1) is 6.92 Å². The molecule has 0 bridgehead atoms. The van der Waals surface area contributed by atoms with Gasteiger partial charge < -0.3 is 17.7 Å². The van der Waals surface area contributed by atoms with Crippen molar-refractivity contribution in [3.05, 3.63) is 65.4 Å². The van der Waals surface area contributed by atoms with Crippen molar-refractivity contribution in [2.75, 3.05) is 5.32 Å². The van der Waals surface area contributed by atoms with Crippen LogP contribution in [0.1, 0.15) is 23.2 Å². The molecule has 1 aromatic heterocycles. The van der Waals surface area contributed by atoms with Crippen molar-refractivity contribution in [2.24, 2.45) is 0 Å². The average molecular weight is 310 g/mol. The van der Waals surface area contributed by atoms with E-state index in [0.29, 0.717) is 0 Å². The van der Waals surface area contributed by atoms with E-state index >= 15 is 0 Å². The molecule has 0 amide bonds. The summed E-state index contributed by atoms with van der Waals surface area (Å²) >= 11 is 0. The van der Waals surface area contributed by atoms with Crippen molar-refractivity contribution in [3.63, 3.8) is 0 Å². The van der Waals surface area contributed by atoms with Crippen molar-refractivity contribution >= 4 is 22.3 Å². The molecule has 0 atom stereocenters. The maximum absolute atomic E-state index is 4.83. The number of nitrogens with one attached hydrogen (secondary N) is 1. The molecule has 2 aromatic carbocycles. The Morgan fingerprint density at radius 1 is 0.955 bits per heavy atom. The van der Waals surface area contributed by atoms with E-state index in [0.717, 1.165) is 24.0 Å². The third kappa shape index (κ3) is 2.55. The van der Waals surface area contributed by atoms with Crippen LogP contribution in [-0.4, -0.2) is 4.98 Å². The fraction of sp³-hybridized carbons (Fsp3) is 0.211. The van der Waals surface area contributed by atoms with E-state index in [1.807, 2.05) is 0 Å². The van der Waals surface area contributed by atoms with Gasteiger partial charge in [-0.3, -0.25) is 4.98 Å². The monoisotopic (exact) mass is 309 g/mol. The molecule has 3 heteroatoms. The topological polar surface area (TPSA) is 24.9 Å². The smallest absolute Gasteiger partial charge is 0.0726 e. The number of hydrogen-bond donors (Lipinski definition) is 1. The SMILES string of the molecule is Cc1ccc(Nc2c3c(nc4ccccc24)CCC3)cc1.[Cl-]. The van der Waals surface area contributed by atoms with Crippen LogP contribution in [0.5, 0.6) is 0 Å². The maximum Gasteiger partial charge on any atom is 0.0726 e. The summed E-state index contributed by atoms with van der Waals surface area (Å²) in [7, 11) is 0. The minimum absolute atomic E-state index is 0. The Bertz CT molecular complexity index is 810. The van der Waals surface area contributed by atoms with Crippen molar-refractivity contribution in [1.29, 1.82) is 0 Å². The van der Waals surface area contributed by atoms with Gasteiger partial charge in [0.1, 0.15) is 0 Å². The number of rotatable bonds is 2. The number of aromatic nitrogens is 1. The normalized spacial score (nSPS) is 12.8. The van der Waals surface area contributed by atoms with Crippen LogP contribution in [0.15, 0.2) is 48.5 Å². The lowest BCUT2D eigenvalue weighted by atomic mass is 10.1. The Morgan fingerprint density at radius 3 is 2.55 bits per heavy atom. The zero-order chi connectivity index (χ0) is 14.2. The molecule has 0 aliphatic heterocycles. The number of benzene rings is 2. The van der Waals surface area contributed by atoms with E-state index in [4.69, 9.17) is 4.98 Å². The first kappa shape index (κ1) is 14.9. The summed E-state index contributed by atoms with van der Waals surface area (Å²) < 4.78 is 0. The minimum atomic E-state index is 0. The van der Waals surface area contributed by atoms with Gasteiger partial charge in [0.25, 0.3) is 0 Å². The van der Waals surface area contributed by atoms with Gasteiger partial charge >= 0.3 is 0 Å². The van der Waals surface area contributed by atoms with E-state index in [9.17, 15) is 0 Å². The highest BCUT2D eigenvalue weighted by atomic mass is 35.5.